The van der Waals surface area contributed by atoms with Gasteiger partial charge in [0.25, 0.3) is 0 Å². The van der Waals surface area contributed by atoms with Gasteiger partial charge < -0.3 is 15.5 Å². The standard InChI is InChI=1S/C14H20ClN3S/c1-16-14(19)17-13-6-8-18(9-7-13)10-11-2-4-12(15)5-3-11/h2-5,13H,6-10H2,1H3,(H2,16,17,19)/p+1. The van der Waals surface area contributed by atoms with Crippen molar-refractivity contribution in [2.24, 2.45) is 0 Å². The summed E-state index contributed by atoms with van der Waals surface area (Å²) in [6.07, 6.45) is 2.34. The van der Waals surface area contributed by atoms with Crippen molar-refractivity contribution in [2.75, 3.05) is 20.1 Å². The molecule has 0 spiro atoms. The third-order valence-corrected chi connectivity index (χ3v) is 4.20. The maximum Gasteiger partial charge on any atom is 0.166 e. The highest BCUT2D eigenvalue weighted by molar-refractivity contribution is 7.80. The number of nitrogens with one attached hydrogen (secondary N) is 3. The second kappa shape index (κ2) is 7.08. The van der Waals surface area contributed by atoms with Gasteiger partial charge in [-0.3, -0.25) is 0 Å². The quantitative estimate of drug-likeness (QED) is 0.727. The molecule has 0 bridgehead atoms. The summed E-state index contributed by atoms with van der Waals surface area (Å²) in [6.45, 7) is 3.46. The summed E-state index contributed by atoms with van der Waals surface area (Å²) in [5, 5.41) is 7.88. The second-order valence-electron chi connectivity index (χ2n) is 5.05. The van der Waals surface area contributed by atoms with Crippen LogP contribution >= 0.6 is 23.8 Å². The molecule has 104 valence electrons. The minimum absolute atomic E-state index is 0.522. The largest absolute Gasteiger partial charge is 0.366 e. The van der Waals surface area contributed by atoms with Crippen molar-refractivity contribution in [3.05, 3.63) is 34.9 Å². The Balaban J connectivity index is 1.77. The number of benzene rings is 1. The lowest BCUT2D eigenvalue weighted by Gasteiger charge is -2.30. The van der Waals surface area contributed by atoms with E-state index in [9.17, 15) is 0 Å². The lowest BCUT2D eigenvalue weighted by Crippen LogP contribution is -3.12. The zero-order chi connectivity index (χ0) is 13.7. The van der Waals surface area contributed by atoms with Crippen LogP contribution in [0.15, 0.2) is 24.3 Å². The molecule has 3 N–H and O–H groups in total. The fraction of sp³-hybridized carbons (Fsp3) is 0.500. The molecule has 19 heavy (non-hydrogen) atoms. The number of halogens is 1. The molecule has 5 heteroatoms. The van der Waals surface area contributed by atoms with Crippen LogP contribution in [0, 0.1) is 0 Å². The first kappa shape index (κ1) is 14.6. The van der Waals surface area contributed by atoms with Gasteiger partial charge in [0.2, 0.25) is 0 Å². The van der Waals surface area contributed by atoms with E-state index in [1.54, 1.807) is 4.90 Å². The number of quaternary nitrogens is 1. The molecule has 2 rings (SSSR count). The first-order chi connectivity index (χ1) is 9.17. The molecule has 3 nitrogen and oxygen atoms in total. The van der Waals surface area contributed by atoms with Gasteiger partial charge in [-0.25, -0.2) is 0 Å². The van der Waals surface area contributed by atoms with Gasteiger partial charge in [-0.1, -0.05) is 23.7 Å². The second-order valence-corrected chi connectivity index (χ2v) is 5.90. The Morgan fingerprint density at radius 1 is 1.32 bits per heavy atom. The van der Waals surface area contributed by atoms with Gasteiger partial charge in [0, 0.05) is 36.5 Å². The Kier molecular flexibility index (Phi) is 5.43. The van der Waals surface area contributed by atoms with Crippen LogP contribution in [-0.2, 0) is 6.54 Å². The van der Waals surface area contributed by atoms with Crippen molar-refractivity contribution in [3.8, 4) is 0 Å². The Morgan fingerprint density at radius 2 is 1.95 bits per heavy atom. The van der Waals surface area contributed by atoms with E-state index >= 15 is 0 Å². The number of piperidine rings is 1. The Morgan fingerprint density at radius 3 is 2.53 bits per heavy atom. The molecule has 0 unspecified atom stereocenters. The van der Waals surface area contributed by atoms with Crippen LogP contribution in [0.4, 0.5) is 0 Å². The van der Waals surface area contributed by atoms with E-state index in [-0.39, 0.29) is 0 Å². The van der Waals surface area contributed by atoms with Gasteiger partial charge in [-0.15, -0.1) is 0 Å². The minimum Gasteiger partial charge on any atom is -0.366 e. The molecule has 0 radical (unpaired) electrons. The predicted molar refractivity (Wildman–Crippen MR) is 83.7 cm³/mol. The summed E-state index contributed by atoms with van der Waals surface area (Å²) in [6, 6.07) is 8.70. The van der Waals surface area contributed by atoms with Gasteiger partial charge in [0.05, 0.1) is 13.1 Å². The number of rotatable bonds is 3. The van der Waals surface area contributed by atoms with Crippen LogP contribution in [0.2, 0.25) is 5.02 Å². The zero-order valence-electron chi connectivity index (χ0n) is 11.2. The minimum atomic E-state index is 0.522. The molecule has 1 heterocycles. The van der Waals surface area contributed by atoms with Gasteiger partial charge >= 0.3 is 0 Å². The molecule has 1 aromatic carbocycles. The number of likely N-dealkylation sites (tertiary alicyclic amines) is 1. The molecular weight excluding hydrogens is 278 g/mol. The Labute approximate surface area is 125 Å². The molecule has 1 saturated heterocycles. The maximum atomic E-state index is 5.90. The monoisotopic (exact) mass is 298 g/mol. The topological polar surface area (TPSA) is 28.5 Å². The van der Waals surface area contributed by atoms with Crippen LogP contribution in [-0.4, -0.2) is 31.3 Å². The van der Waals surface area contributed by atoms with E-state index < -0.39 is 0 Å². The summed E-state index contributed by atoms with van der Waals surface area (Å²) in [5.41, 5.74) is 1.36. The van der Waals surface area contributed by atoms with Crippen LogP contribution in [0.1, 0.15) is 18.4 Å². The van der Waals surface area contributed by atoms with E-state index in [2.05, 4.69) is 22.8 Å². The highest BCUT2D eigenvalue weighted by Gasteiger charge is 2.22. The molecule has 0 aliphatic carbocycles. The summed E-state index contributed by atoms with van der Waals surface area (Å²) in [4.78, 5) is 1.63. The van der Waals surface area contributed by atoms with Gasteiger partial charge in [-0.05, 0) is 24.4 Å². The molecular formula is C14H21ClN3S+. The summed E-state index contributed by atoms with van der Waals surface area (Å²) in [5.74, 6) is 0. The zero-order valence-corrected chi connectivity index (χ0v) is 12.8. The van der Waals surface area contributed by atoms with E-state index in [4.69, 9.17) is 23.8 Å². The molecule has 1 aromatic rings. The van der Waals surface area contributed by atoms with Gasteiger partial charge in [0.15, 0.2) is 5.11 Å². The van der Waals surface area contributed by atoms with Crippen molar-refractivity contribution >= 4 is 28.9 Å². The lowest BCUT2D eigenvalue weighted by atomic mass is 10.0. The molecule has 0 saturated carbocycles. The van der Waals surface area contributed by atoms with Crippen LogP contribution in [0.25, 0.3) is 0 Å². The summed E-state index contributed by atoms with van der Waals surface area (Å²) < 4.78 is 0. The number of thiocarbonyl (C=S) groups is 1. The van der Waals surface area contributed by atoms with Crippen molar-refractivity contribution in [3.63, 3.8) is 0 Å². The Bertz CT molecular complexity index is 413. The molecule has 1 aliphatic rings. The first-order valence-corrected chi connectivity index (χ1v) is 7.52. The first-order valence-electron chi connectivity index (χ1n) is 6.73. The normalized spacial score (nSPS) is 22.8. The smallest absolute Gasteiger partial charge is 0.166 e. The number of hydrogen-bond acceptors (Lipinski definition) is 1. The number of hydrogen-bond donors (Lipinski definition) is 3. The summed E-state index contributed by atoms with van der Waals surface area (Å²) in [7, 11) is 1.86. The van der Waals surface area contributed by atoms with Crippen LogP contribution in [0.3, 0.4) is 0 Å². The van der Waals surface area contributed by atoms with Crippen molar-refractivity contribution in [1.82, 2.24) is 10.6 Å². The van der Waals surface area contributed by atoms with Crippen molar-refractivity contribution in [1.29, 1.82) is 0 Å². The lowest BCUT2D eigenvalue weighted by molar-refractivity contribution is -0.918. The van der Waals surface area contributed by atoms with E-state index in [1.165, 1.54) is 31.5 Å². The van der Waals surface area contributed by atoms with E-state index in [0.717, 1.165) is 16.7 Å². The maximum absolute atomic E-state index is 5.90. The fourth-order valence-corrected chi connectivity index (χ4v) is 2.79. The third-order valence-electron chi connectivity index (χ3n) is 3.62. The van der Waals surface area contributed by atoms with Crippen LogP contribution < -0.4 is 15.5 Å². The van der Waals surface area contributed by atoms with Crippen molar-refractivity contribution < 1.29 is 4.90 Å². The highest BCUT2D eigenvalue weighted by atomic mass is 35.5. The van der Waals surface area contributed by atoms with Crippen molar-refractivity contribution in [2.45, 2.75) is 25.4 Å². The van der Waals surface area contributed by atoms with Gasteiger partial charge in [0.1, 0.15) is 6.54 Å². The third kappa shape index (κ3) is 4.64. The van der Waals surface area contributed by atoms with E-state index in [1.807, 2.05) is 19.2 Å². The van der Waals surface area contributed by atoms with Gasteiger partial charge in [-0.2, -0.15) is 0 Å². The molecule has 0 amide bonds. The molecule has 1 aliphatic heterocycles. The fourth-order valence-electron chi connectivity index (χ4n) is 2.50. The average molecular weight is 299 g/mol. The highest BCUT2D eigenvalue weighted by Crippen LogP contribution is 2.09. The molecule has 1 fully saturated rings. The Hall–Kier alpha value is -0.840. The predicted octanol–water partition coefficient (Wildman–Crippen LogP) is 0.981. The average Bonchev–Trinajstić information content (AvgIpc) is 2.43. The SMILES string of the molecule is CNC(=S)NC1CC[NH+](Cc2ccc(Cl)cc2)CC1. The molecule has 0 atom stereocenters. The molecule has 0 aromatic heterocycles. The van der Waals surface area contributed by atoms with Crippen LogP contribution in [0.5, 0.6) is 0 Å². The van der Waals surface area contributed by atoms with E-state index in [0.29, 0.717) is 6.04 Å². The summed E-state index contributed by atoms with van der Waals surface area (Å²) >= 11 is 11.0.